The molecule has 0 aliphatic carbocycles. The first-order valence-electron chi connectivity index (χ1n) is 7.24. The van der Waals surface area contributed by atoms with Gasteiger partial charge in [0.1, 0.15) is 0 Å². The number of fused-ring (bicyclic) bond motifs is 1. The normalized spacial score (nSPS) is 12.2. The maximum absolute atomic E-state index is 12.2. The molecule has 1 aromatic carbocycles. The lowest BCUT2D eigenvalue weighted by atomic mass is 10.1. The molecule has 1 atom stereocenters. The van der Waals surface area contributed by atoms with Crippen molar-refractivity contribution >= 4 is 22.6 Å². The Bertz CT molecular complexity index is 885. The Balaban J connectivity index is 1.76. The molecule has 0 spiro atoms. The molecular formula is C15H15N5O4. The SMILES string of the molecule is O=C(NC(CO)Cc1c[nH]c2ccccc12)c1cn[nH]c1[N+](=O)[O-]. The third-order valence-corrected chi connectivity index (χ3v) is 3.74. The van der Waals surface area contributed by atoms with Crippen molar-refractivity contribution in [1.82, 2.24) is 20.5 Å². The van der Waals surface area contributed by atoms with Crippen LogP contribution >= 0.6 is 0 Å². The molecule has 0 saturated carbocycles. The van der Waals surface area contributed by atoms with E-state index in [1.54, 1.807) is 0 Å². The van der Waals surface area contributed by atoms with Crippen molar-refractivity contribution in [3.63, 3.8) is 0 Å². The number of nitrogens with one attached hydrogen (secondary N) is 3. The second-order valence-corrected chi connectivity index (χ2v) is 5.31. The molecule has 0 saturated heterocycles. The molecule has 3 rings (SSSR count). The molecule has 3 aromatic rings. The van der Waals surface area contributed by atoms with Gasteiger partial charge in [0, 0.05) is 17.1 Å². The Hall–Kier alpha value is -3.20. The van der Waals surface area contributed by atoms with Crippen LogP contribution in [-0.2, 0) is 6.42 Å². The molecule has 1 unspecified atom stereocenters. The van der Waals surface area contributed by atoms with Crippen molar-refractivity contribution < 1.29 is 14.8 Å². The van der Waals surface area contributed by atoms with Gasteiger partial charge in [0.2, 0.25) is 0 Å². The van der Waals surface area contributed by atoms with Crippen LogP contribution in [0.25, 0.3) is 10.9 Å². The van der Waals surface area contributed by atoms with Crippen molar-refractivity contribution in [2.24, 2.45) is 0 Å². The van der Waals surface area contributed by atoms with E-state index in [2.05, 4.69) is 20.5 Å². The summed E-state index contributed by atoms with van der Waals surface area (Å²) in [5.41, 5.74) is 1.73. The summed E-state index contributed by atoms with van der Waals surface area (Å²) in [5, 5.41) is 29.7. The fourth-order valence-corrected chi connectivity index (χ4v) is 2.58. The molecule has 2 heterocycles. The number of hydrogen-bond donors (Lipinski definition) is 4. The lowest BCUT2D eigenvalue weighted by molar-refractivity contribution is -0.389. The standard InChI is InChI=1S/C15H15N5O4/c21-8-10(5-9-6-16-13-4-2-1-3-11(9)13)18-15(22)12-7-17-19-14(12)20(23)24/h1-4,6-7,10,16,21H,5,8H2,(H,17,19)(H,18,22). The van der Waals surface area contributed by atoms with Crippen molar-refractivity contribution in [1.29, 1.82) is 0 Å². The van der Waals surface area contributed by atoms with Gasteiger partial charge in [-0.3, -0.25) is 4.79 Å². The minimum absolute atomic E-state index is 0.169. The van der Waals surface area contributed by atoms with E-state index in [0.717, 1.165) is 22.7 Å². The molecule has 0 aliphatic rings. The minimum atomic E-state index is -0.713. The van der Waals surface area contributed by atoms with Gasteiger partial charge >= 0.3 is 5.82 Å². The third kappa shape index (κ3) is 2.97. The Morgan fingerprint density at radius 1 is 1.42 bits per heavy atom. The van der Waals surface area contributed by atoms with E-state index < -0.39 is 22.7 Å². The number of aromatic nitrogens is 3. The zero-order chi connectivity index (χ0) is 17.1. The number of aliphatic hydroxyl groups excluding tert-OH is 1. The maximum Gasteiger partial charge on any atom is 0.355 e. The highest BCUT2D eigenvalue weighted by Crippen LogP contribution is 2.19. The summed E-state index contributed by atoms with van der Waals surface area (Å²) in [7, 11) is 0. The largest absolute Gasteiger partial charge is 0.394 e. The number of para-hydroxylation sites is 1. The van der Waals surface area contributed by atoms with Gasteiger partial charge < -0.3 is 25.5 Å². The molecular weight excluding hydrogens is 314 g/mol. The van der Waals surface area contributed by atoms with Gasteiger partial charge in [0.25, 0.3) is 5.91 Å². The highest BCUT2D eigenvalue weighted by atomic mass is 16.6. The number of aromatic amines is 2. The molecule has 0 fully saturated rings. The first-order valence-corrected chi connectivity index (χ1v) is 7.24. The van der Waals surface area contributed by atoms with Gasteiger partial charge in [0.15, 0.2) is 5.56 Å². The van der Waals surface area contributed by atoms with Crippen molar-refractivity contribution in [3.05, 3.63) is 57.9 Å². The molecule has 24 heavy (non-hydrogen) atoms. The second kappa shape index (κ2) is 6.50. The molecule has 2 aromatic heterocycles. The van der Waals surface area contributed by atoms with Gasteiger partial charge in [0.05, 0.1) is 18.8 Å². The monoisotopic (exact) mass is 329 g/mol. The van der Waals surface area contributed by atoms with Crippen LogP contribution in [0.5, 0.6) is 0 Å². The molecule has 0 radical (unpaired) electrons. The molecule has 0 aliphatic heterocycles. The van der Waals surface area contributed by atoms with Crippen LogP contribution in [0.1, 0.15) is 15.9 Å². The minimum Gasteiger partial charge on any atom is -0.394 e. The lowest BCUT2D eigenvalue weighted by Gasteiger charge is -2.15. The van der Waals surface area contributed by atoms with Crippen LogP contribution in [0.3, 0.4) is 0 Å². The average Bonchev–Trinajstić information content (AvgIpc) is 3.21. The Labute approximate surface area is 135 Å². The van der Waals surface area contributed by atoms with E-state index >= 15 is 0 Å². The Morgan fingerprint density at radius 2 is 2.21 bits per heavy atom. The van der Waals surface area contributed by atoms with E-state index in [1.807, 2.05) is 30.5 Å². The zero-order valence-electron chi connectivity index (χ0n) is 12.5. The number of rotatable bonds is 6. The first-order chi connectivity index (χ1) is 11.6. The summed E-state index contributed by atoms with van der Waals surface area (Å²) in [6, 6.07) is 7.11. The van der Waals surface area contributed by atoms with E-state index in [4.69, 9.17) is 0 Å². The third-order valence-electron chi connectivity index (χ3n) is 3.74. The van der Waals surface area contributed by atoms with E-state index in [1.165, 1.54) is 0 Å². The van der Waals surface area contributed by atoms with Crippen LogP contribution in [-0.4, -0.2) is 43.8 Å². The number of aliphatic hydroxyl groups is 1. The van der Waals surface area contributed by atoms with Gasteiger partial charge in [-0.25, -0.2) is 0 Å². The zero-order valence-corrected chi connectivity index (χ0v) is 12.5. The van der Waals surface area contributed by atoms with Crippen molar-refractivity contribution in [3.8, 4) is 0 Å². The van der Waals surface area contributed by atoms with E-state index in [0.29, 0.717) is 6.42 Å². The predicted octanol–water partition coefficient (Wildman–Crippen LogP) is 1.13. The fourth-order valence-electron chi connectivity index (χ4n) is 2.58. The summed E-state index contributed by atoms with van der Waals surface area (Å²) < 4.78 is 0. The first kappa shape index (κ1) is 15.7. The predicted molar refractivity (Wildman–Crippen MR) is 85.6 cm³/mol. The highest BCUT2D eigenvalue weighted by molar-refractivity contribution is 5.97. The number of benzene rings is 1. The van der Waals surface area contributed by atoms with Gasteiger partial charge in [-0.1, -0.05) is 23.3 Å². The van der Waals surface area contributed by atoms with E-state index in [9.17, 15) is 20.0 Å². The van der Waals surface area contributed by atoms with Crippen LogP contribution in [0.15, 0.2) is 36.7 Å². The molecule has 4 N–H and O–H groups in total. The number of nitro groups is 1. The summed E-state index contributed by atoms with van der Waals surface area (Å²) in [6.45, 7) is -0.295. The van der Waals surface area contributed by atoms with Gasteiger partial charge in [-0.05, 0) is 23.0 Å². The van der Waals surface area contributed by atoms with Crippen molar-refractivity contribution in [2.75, 3.05) is 6.61 Å². The maximum atomic E-state index is 12.2. The Morgan fingerprint density at radius 3 is 2.96 bits per heavy atom. The molecule has 9 heteroatoms. The number of carbonyl (C=O) groups is 1. The fraction of sp³-hybridized carbons (Fsp3) is 0.200. The van der Waals surface area contributed by atoms with Crippen LogP contribution < -0.4 is 5.32 Å². The van der Waals surface area contributed by atoms with Crippen LogP contribution in [0.4, 0.5) is 5.82 Å². The highest BCUT2D eigenvalue weighted by Gasteiger charge is 2.24. The average molecular weight is 329 g/mol. The molecule has 0 bridgehead atoms. The quantitative estimate of drug-likeness (QED) is 0.397. The molecule has 9 nitrogen and oxygen atoms in total. The summed E-state index contributed by atoms with van der Waals surface area (Å²) >= 11 is 0. The second-order valence-electron chi connectivity index (χ2n) is 5.31. The van der Waals surface area contributed by atoms with Crippen molar-refractivity contribution in [2.45, 2.75) is 12.5 Å². The topological polar surface area (TPSA) is 137 Å². The Kier molecular flexibility index (Phi) is 4.25. The number of H-pyrrole nitrogens is 2. The molecule has 124 valence electrons. The smallest absolute Gasteiger partial charge is 0.355 e. The number of nitrogens with zero attached hydrogens (tertiary/aromatic N) is 2. The summed E-state index contributed by atoms with van der Waals surface area (Å²) in [5.74, 6) is -1.13. The van der Waals surface area contributed by atoms with E-state index in [-0.39, 0.29) is 12.2 Å². The number of carbonyl (C=O) groups excluding carboxylic acids is 1. The lowest BCUT2D eigenvalue weighted by Crippen LogP contribution is -2.39. The number of hydrogen-bond acceptors (Lipinski definition) is 5. The van der Waals surface area contributed by atoms with Gasteiger partial charge in [-0.15, -0.1) is 5.10 Å². The van der Waals surface area contributed by atoms with Crippen LogP contribution in [0.2, 0.25) is 0 Å². The van der Waals surface area contributed by atoms with Crippen LogP contribution in [0, 0.1) is 10.1 Å². The number of amides is 1. The summed E-state index contributed by atoms with van der Waals surface area (Å²) in [4.78, 5) is 25.5. The van der Waals surface area contributed by atoms with Gasteiger partial charge in [-0.2, -0.15) is 0 Å². The summed E-state index contributed by atoms with van der Waals surface area (Å²) in [6.07, 6.45) is 3.30. The molecule has 1 amide bonds.